The van der Waals surface area contributed by atoms with E-state index >= 15 is 0 Å². The molecule has 35 heavy (non-hydrogen) atoms. The first-order valence-electron chi connectivity index (χ1n) is 11.2. The number of anilines is 1. The Morgan fingerprint density at radius 3 is 2.60 bits per heavy atom. The van der Waals surface area contributed by atoms with Crippen molar-refractivity contribution in [3.05, 3.63) is 16.7 Å². The lowest BCUT2D eigenvalue weighted by molar-refractivity contribution is -0.193. The zero-order valence-electron chi connectivity index (χ0n) is 20.8. The average Bonchev–Trinajstić information content (AvgIpc) is 3.28. The van der Waals surface area contributed by atoms with Crippen LogP contribution in [0.15, 0.2) is 11.1 Å². The zero-order valence-corrected chi connectivity index (χ0v) is 22.7. The highest BCUT2D eigenvalue weighted by Crippen LogP contribution is 2.44. The summed E-state index contributed by atoms with van der Waals surface area (Å²) >= 11 is 0. The third kappa shape index (κ3) is 5.69. The fraction of sp³-hybridized carbons (Fsp3) is 0.700. The lowest BCUT2D eigenvalue weighted by Crippen LogP contribution is -2.49. The smallest absolute Gasteiger partial charge is 0.488 e. The number of hydrogen-bond acceptors (Lipinski definition) is 10. The summed E-state index contributed by atoms with van der Waals surface area (Å²) < 4.78 is 30.6. The van der Waals surface area contributed by atoms with Crippen molar-refractivity contribution in [2.24, 2.45) is 5.92 Å². The van der Waals surface area contributed by atoms with Gasteiger partial charge in [0.15, 0.2) is 31.8 Å². The van der Waals surface area contributed by atoms with Crippen molar-refractivity contribution >= 4 is 39.6 Å². The van der Waals surface area contributed by atoms with Crippen LogP contribution in [0.25, 0.3) is 11.2 Å². The van der Waals surface area contributed by atoms with Gasteiger partial charge in [-0.3, -0.25) is 24.5 Å². The Balaban J connectivity index is 2.11. The molecule has 1 aliphatic rings. The summed E-state index contributed by atoms with van der Waals surface area (Å²) in [4.78, 5) is 47.2. The molecule has 0 spiro atoms. The second kappa shape index (κ2) is 10.1. The topological polar surface area (TPSA) is 181 Å². The van der Waals surface area contributed by atoms with Gasteiger partial charge in [0.05, 0.1) is 12.9 Å². The summed E-state index contributed by atoms with van der Waals surface area (Å²) in [6, 6.07) is 0. The van der Waals surface area contributed by atoms with Crippen molar-refractivity contribution < 1.29 is 33.0 Å². The molecule has 3 N–H and O–H groups in total. The van der Waals surface area contributed by atoms with E-state index < -0.39 is 53.3 Å². The number of aliphatic hydroxyl groups excluding tert-OH is 1. The summed E-state index contributed by atoms with van der Waals surface area (Å²) in [6.07, 6.45) is -2.83. The fourth-order valence-corrected chi connectivity index (χ4v) is 5.12. The van der Waals surface area contributed by atoms with E-state index in [4.69, 9.17) is 13.7 Å². The van der Waals surface area contributed by atoms with Gasteiger partial charge in [0.1, 0.15) is 12.2 Å². The normalized spacial score (nSPS) is 23.8. The van der Waals surface area contributed by atoms with Crippen LogP contribution in [0.2, 0.25) is 18.1 Å². The van der Waals surface area contributed by atoms with Gasteiger partial charge in [-0.1, -0.05) is 34.6 Å². The molecule has 0 radical (unpaired) electrons. The van der Waals surface area contributed by atoms with Gasteiger partial charge < -0.3 is 19.2 Å². The molecule has 13 nitrogen and oxygen atoms in total. The molecule has 194 valence electrons. The molecule has 0 saturated carbocycles. The number of carbonyl (C=O) groups is 1. The Kier molecular flexibility index (Phi) is 7.96. The predicted molar refractivity (Wildman–Crippen MR) is 127 cm³/mol. The average molecular weight is 530 g/mol. The van der Waals surface area contributed by atoms with Crippen molar-refractivity contribution in [3.8, 4) is 0 Å². The van der Waals surface area contributed by atoms with E-state index in [-0.39, 0.29) is 34.0 Å². The van der Waals surface area contributed by atoms with Crippen LogP contribution in [-0.4, -0.2) is 63.8 Å². The quantitative estimate of drug-likeness (QED) is 0.334. The first-order valence-corrected chi connectivity index (χ1v) is 15.2. The maximum atomic E-state index is 12.6. The van der Waals surface area contributed by atoms with Crippen molar-refractivity contribution in [1.82, 2.24) is 19.5 Å². The zero-order chi connectivity index (χ0) is 26.3. The Labute approximate surface area is 204 Å². The van der Waals surface area contributed by atoms with E-state index in [1.165, 1.54) is 10.9 Å². The van der Waals surface area contributed by atoms with Gasteiger partial charge in [-0.25, -0.2) is 4.98 Å². The van der Waals surface area contributed by atoms with Gasteiger partial charge >= 0.3 is 8.25 Å². The number of aromatic nitrogens is 4. The number of imidazole rings is 1. The predicted octanol–water partition coefficient (Wildman–Crippen LogP) is 1.40. The first kappa shape index (κ1) is 27.5. The van der Waals surface area contributed by atoms with Crippen LogP contribution >= 0.6 is 8.25 Å². The van der Waals surface area contributed by atoms with Gasteiger partial charge in [0.25, 0.3) is 5.56 Å². The van der Waals surface area contributed by atoms with Crippen LogP contribution in [0.4, 0.5) is 5.95 Å². The molecule has 15 heteroatoms. The number of amides is 1. The summed E-state index contributed by atoms with van der Waals surface area (Å²) in [5.74, 6) is -0.765. The van der Waals surface area contributed by atoms with Gasteiger partial charge in [-0.15, -0.1) is 4.52 Å². The highest BCUT2D eigenvalue weighted by Gasteiger charge is 2.54. The minimum Gasteiger partial charge on any atom is -0.566 e. The number of aliphatic hydroxyl groups is 1. The standard InChI is InChI=1S/C20H32N5O8PSi/c1-10(2)16(27)23-19-22-15-12(17(28)24-19)21-9-25(15)18-14(33-35(6,7)20(3,4)5)13(32-34(29)30)11(8-26)31-18/h9-11,13-14,18,26H,8H2,1-7H3,(H2,22,23,24,27,28)/t11-,13-,14-,18-/m1/s1. The number of carbonyl (C=O) groups excluding carboxylic acids is 1. The third-order valence-corrected chi connectivity index (χ3v) is 11.3. The number of nitrogens with one attached hydrogen (secondary N) is 2. The van der Waals surface area contributed by atoms with Crippen LogP contribution in [0.3, 0.4) is 0 Å². The van der Waals surface area contributed by atoms with Crippen LogP contribution < -0.4 is 15.8 Å². The SMILES string of the molecule is CC(C)C(=O)Nc1nc2c(ncn2[C@@H]2O[C@H](CO)[C@@H](O[P+](=O)[O-])[C@H]2O[Si](C)(C)C(C)(C)C)c(=O)[nH]1. The number of hydrogen-bond donors (Lipinski definition) is 3. The molecule has 2 aromatic heterocycles. The van der Waals surface area contributed by atoms with E-state index in [0.29, 0.717) is 0 Å². The molecular weight excluding hydrogens is 497 g/mol. The molecule has 1 saturated heterocycles. The maximum absolute atomic E-state index is 12.6. The second-order valence-corrected chi connectivity index (χ2v) is 15.7. The van der Waals surface area contributed by atoms with Crippen molar-refractivity contribution in [2.45, 2.75) is 77.3 Å². The lowest BCUT2D eigenvalue weighted by atomic mass is 10.1. The van der Waals surface area contributed by atoms with Crippen molar-refractivity contribution in [2.75, 3.05) is 11.9 Å². The highest BCUT2D eigenvalue weighted by molar-refractivity contribution is 7.30. The van der Waals surface area contributed by atoms with Gasteiger partial charge in [-0.05, 0) is 22.7 Å². The van der Waals surface area contributed by atoms with Crippen LogP contribution in [0, 0.1) is 5.92 Å². The summed E-state index contributed by atoms with van der Waals surface area (Å²) in [7, 11) is -5.78. The van der Waals surface area contributed by atoms with Gasteiger partial charge in [0.2, 0.25) is 11.9 Å². The molecule has 3 heterocycles. The Morgan fingerprint density at radius 2 is 2.06 bits per heavy atom. The largest absolute Gasteiger partial charge is 0.566 e. The first-order chi connectivity index (χ1) is 16.2. The molecule has 1 amide bonds. The molecule has 5 atom stereocenters. The van der Waals surface area contributed by atoms with Crippen molar-refractivity contribution in [3.63, 3.8) is 0 Å². The number of nitrogens with zero attached hydrogens (tertiary/aromatic N) is 3. The minimum absolute atomic E-state index is 0.0120. The number of rotatable bonds is 8. The summed E-state index contributed by atoms with van der Waals surface area (Å²) in [5.41, 5.74) is -0.505. The second-order valence-electron chi connectivity index (χ2n) is 10.3. The Morgan fingerprint density at radius 1 is 1.40 bits per heavy atom. The number of aromatic amines is 1. The molecule has 2 aromatic rings. The van der Waals surface area contributed by atoms with E-state index in [1.54, 1.807) is 13.8 Å². The van der Waals surface area contributed by atoms with Crippen molar-refractivity contribution in [1.29, 1.82) is 0 Å². The van der Waals surface area contributed by atoms with E-state index in [2.05, 4.69) is 20.3 Å². The molecule has 1 unspecified atom stereocenters. The van der Waals surface area contributed by atoms with E-state index in [9.17, 15) is 24.2 Å². The summed E-state index contributed by atoms with van der Waals surface area (Å²) in [5, 5.41) is 12.2. The van der Waals surface area contributed by atoms with E-state index in [0.717, 1.165) is 0 Å². The molecule has 3 rings (SSSR count). The fourth-order valence-electron chi connectivity index (χ4n) is 3.38. The van der Waals surface area contributed by atoms with Crippen LogP contribution in [0.1, 0.15) is 40.8 Å². The molecule has 0 bridgehead atoms. The van der Waals surface area contributed by atoms with Gasteiger partial charge in [-0.2, -0.15) is 4.98 Å². The Bertz CT molecular complexity index is 1160. The van der Waals surface area contributed by atoms with Gasteiger partial charge in [0, 0.05) is 5.92 Å². The maximum Gasteiger partial charge on any atom is 0.488 e. The lowest BCUT2D eigenvalue weighted by Gasteiger charge is -2.40. The van der Waals surface area contributed by atoms with Crippen LogP contribution in [-0.2, 0) is 23.0 Å². The molecular formula is C20H32N5O8PSi. The van der Waals surface area contributed by atoms with E-state index in [1.807, 2.05) is 33.9 Å². The number of ether oxygens (including phenoxy) is 1. The highest BCUT2D eigenvalue weighted by atomic mass is 31.1. The monoisotopic (exact) mass is 529 g/mol. The molecule has 0 aliphatic carbocycles. The molecule has 0 aromatic carbocycles. The third-order valence-electron chi connectivity index (χ3n) is 6.38. The molecule has 1 aliphatic heterocycles. The summed E-state index contributed by atoms with van der Waals surface area (Å²) in [6.45, 7) is 12.9. The Hall–Kier alpha value is -2.06. The molecule has 1 fully saturated rings. The number of fused-ring (bicyclic) bond motifs is 1. The number of H-pyrrole nitrogens is 1. The van der Waals surface area contributed by atoms with Crippen LogP contribution in [0.5, 0.6) is 0 Å². The minimum atomic E-state index is -3.28.